The number of rotatable bonds is 6. The Kier molecular flexibility index (Phi) is 6.23. The van der Waals surface area contributed by atoms with Gasteiger partial charge in [0.25, 0.3) is 0 Å². The smallest absolute Gasteiger partial charge is 0.136 e. The van der Waals surface area contributed by atoms with Crippen molar-refractivity contribution in [2.24, 2.45) is 10.1 Å². The maximum atomic E-state index is 3.86. The molecule has 0 aromatic heterocycles. The molecule has 0 unspecified atom stereocenters. The van der Waals surface area contributed by atoms with Gasteiger partial charge < -0.3 is 0 Å². The molecular formula is C9H16N4. The van der Waals surface area contributed by atoms with Crippen LogP contribution in [0.5, 0.6) is 0 Å². The second-order valence-corrected chi connectivity index (χ2v) is 2.38. The zero-order valence-electron chi connectivity index (χ0n) is 8.20. The van der Waals surface area contributed by atoms with E-state index in [0.29, 0.717) is 0 Å². The van der Waals surface area contributed by atoms with E-state index in [9.17, 15) is 0 Å². The van der Waals surface area contributed by atoms with Gasteiger partial charge in [-0.3, -0.25) is 10.4 Å². The molecule has 0 aromatic rings. The van der Waals surface area contributed by atoms with E-state index >= 15 is 0 Å². The molecule has 0 bridgehead atoms. The lowest BCUT2D eigenvalue weighted by Gasteiger charge is -2.14. The minimum Gasteiger partial charge on any atom is -0.283 e. The van der Waals surface area contributed by atoms with E-state index < -0.39 is 0 Å². The van der Waals surface area contributed by atoms with Gasteiger partial charge in [-0.05, 0) is 19.2 Å². The molecule has 72 valence electrons. The van der Waals surface area contributed by atoms with Gasteiger partial charge in [0, 0.05) is 12.7 Å². The van der Waals surface area contributed by atoms with Gasteiger partial charge in [-0.15, -0.1) is 5.10 Å². The molecule has 0 saturated heterocycles. The van der Waals surface area contributed by atoms with Crippen molar-refractivity contribution in [2.45, 2.75) is 13.3 Å². The first-order chi connectivity index (χ1) is 6.20. The highest BCUT2D eigenvalue weighted by Gasteiger charge is 1.89. The fourth-order valence-electron chi connectivity index (χ4n) is 0.648. The topological polar surface area (TPSA) is 40.0 Å². The van der Waals surface area contributed by atoms with E-state index in [1.165, 1.54) is 11.5 Å². The third kappa shape index (κ3) is 6.80. The second kappa shape index (κ2) is 7.09. The quantitative estimate of drug-likeness (QED) is 0.291. The van der Waals surface area contributed by atoms with E-state index in [4.69, 9.17) is 0 Å². The molecule has 4 heteroatoms. The number of nitrogens with one attached hydrogen (secondary N) is 1. The Morgan fingerprint density at radius 3 is 2.85 bits per heavy atom. The third-order valence-corrected chi connectivity index (χ3v) is 1.17. The first-order valence-corrected chi connectivity index (χ1v) is 4.04. The molecule has 0 aliphatic rings. The van der Waals surface area contributed by atoms with Gasteiger partial charge in [0.1, 0.15) is 6.34 Å². The van der Waals surface area contributed by atoms with Crippen LogP contribution in [0.25, 0.3) is 0 Å². The van der Waals surface area contributed by atoms with Gasteiger partial charge >= 0.3 is 0 Å². The molecule has 0 amide bonds. The lowest BCUT2D eigenvalue weighted by molar-refractivity contribution is 0.285. The van der Waals surface area contributed by atoms with Crippen molar-refractivity contribution >= 4 is 13.1 Å². The fourth-order valence-corrected chi connectivity index (χ4v) is 0.648. The van der Waals surface area contributed by atoms with E-state index in [1.807, 2.05) is 12.2 Å². The Balaban J connectivity index is 3.84. The van der Waals surface area contributed by atoms with Crippen LogP contribution in [0, 0.1) is 0 Å². The molecule has 0 spiro atoms. The van der Waals surface area contributed by atoms with Gasteiger partial charge in [0.15, 0.2) is 0 Å². The molecule has 4 nitrogen and oxygen atoms in total. The molecule has 0 heterocycles. The van der Waals surface area contributed by atoms with Crippen LogP contribution in [0.2, 0.25) is 0 Å². The van der Waals surface area contributed by atoms with Gasteiger partial charge in [0.2, 0.25) is 0 Å². The SMILES string of the molecule is C=N/C=N\N(C)NC(=C)/C=C\CC. The first-order valence-electron chi connectivity index (χ1n) is 4.04. The molecule has 0 saturated carbocycles. The molecule has 0 fully saturated rings. The van der Waals surface area contributed by atoms with Gasteiger partial charge in [0.05, 0.1) is 0 Å². The standard InChI is InChI=1S/C9H16N4/c1-5-6-7-9(2)12-13(4)11-8-10-3/h6-8,12H,2-3,5H2,1,4H3/b7-6-,11-8-. The minimum absolute atomic E-state index is 0.783. The lowest BCUT2D eigenvalue weighted by Crippen LogP contribution is -2.27. The molecule has 0 aliphatic heterocycles. The van der Waals surface area contributed by atoms with Crippen LogP contribution in [-0.4, -0.2) is 25.2 Å². The summed E-state index contributed by atoms with van der Waals surface area (Å²) in [6, 6.07) is 0. The molecule has 0 atom stereocenters. The Morgan fingerprint density at radius 2 is 2.31 bits per heavy atom. The predicted molar refractivity (Wildman–Crippen MR) is 57.5 cm³/mol. The predicted octanol–water partition coefficient (Wildman–Crippen LogP) is 1.55. The summed E-state index contributed by atoms with van der Waals surface area (Å²) in [4.78, 5) is 3.47. The van der Waals surface area contributed by atoms with Crippen LogP contribution in [0.3, 0.4) is 0 Å². The Morgan fingerprint density at radius 1 is 1.62 bits per heavy atom. The highest BCUT2D eigenvalue weighted by Crippen LogP contribution is 1.91. The average molecular weight is 180 g/mol. The van der Waals surface area contributed by atoms with Crippen molar-refractivity contribution in [2.75, 3.05) is 7.05 Å². The minimum atomic E-state index is 0.783. The maximum absolute atomic E-state index is 3.86. The summed E-state index contributed by atoms with van der Waals surface area (Å²) < 4.78 is 0. The van der Waals surface area contributed by atoms with Crippen LogP contribution in [0.15, 0.2) is 34.5 Å². The summed E-state index contributed by atoms with van der Waals surface area (Å²) in [7, 11) is 1.76. The number of nitrogens with zero attached hydrogens (tertiary/aromatic N) is 3. The summed E-state index contributed by atoms with van der Waals surface area (Å²) in [6.07, 6.45) is 6.25. The van der Waals surface area contributed by atoms with Crippen LogP contribution in [-0.2, 0) is 0 Å². The van der Waals surface area contributed by atoms with Gasteiger partial charge in [-0.1, -0.05) is 19.6 Å². The highest BCUT2D eigenvalue weighted by molar-refractivity contribution is 5.61. The summed E-state index contributed by atoms with van der Waals surface area (Å²) in [5, 5.41) is 5.37. The monoisotopic (exact) mass is 180 g/mol. The molecule has 0 aromatic carbocycles. The Bertz CT molecular complexity index is 218. The first kappa shape index (κ1) is 11.4. The number of hydrogen-bond donors (Lipinski definition) is 1. The number of allylic oxidation sites excluding steroid dienone is 2. The van der Waals surface area contributed by atoms with Crippen LogP contribution in [0.1, 0.15) is 13.3 Å². The van der Waals surface area contributed by atoms with Crippen LogP contribution < -0.4 is 5.43 Å². The zero-order chi connectivity index (χ0) is 10.1. The normalized spacial score (nSPS) is 10.6. The van der Waals surface area contributed by atoms with E-state index in [0.717, 1.165) is 12.1 Å². The van der Waals surface area contributed by atoms with Crippen LogP contribution >= 0.6 is 0 Å². The van der Waals surface area contributed by atoms with Gasteiger partial charge in [-0.25, -0.2) is 5.12 Å². The molecular weight excluding hydrogens is 164 g/mol. The number of aliphatic imine (C=N–C) groups is 1. The van der Waals surface area contributed by atoms with Crippen molar-refractivity contribution in [3.05, 3.63) is 24.4 Å². The van der Waals surface area contributed by atoms with E-state index in [2.05, 4.69) is 35.7 Å². The largest absolute Gasteiger partial charge is 0.283 e. The Labute approximate surface area is 79.3 Å². The molecule has 0 radical (unpaired) electrons. The van der Waals surface area contributed by atoms with Crippen molar-refractivity contribution in [1.82, 2.24) is 10.5 Å². The number of hydrogen-bond acceptors (Lipinski definition) is 3. The molecule has 0 rings (SSSR count). The third-order valence-electron chi connectivity index (χ3n) is 1.17. The van der Waals surface area contributed by atoms with E-state index in [1.54, 1.807) is 7.05 Å². The Hall–Kier alpha value is -1.58. The highest BCUT2D eigenvalue weighted by atomic mass is 15.7. The van der Waals surface area contributed by atoms with Crippen molar-refractivity contribution in [3.8, 4) is 0 Å². The summed E-state index contributed by atoms with van der Waals surface area (Å²) in [5.74, 6) is 0. The van der Waals surface area contributed by atoms with Crippen LogP contribution in [0.4, 0.5) is 0 Å². The van der Waals surface area contributed by atoms with Gasteiger partial charge in [-0.2, -0.15) is 0 Å². The van der Waals surface area contributed by atoms with E-state index in [-0.39, 0.29) is 0 Å². The fraction of sp³-hybridized carbons (Fsp3) is 0.333. The summed E-state index contributed by atoms with van der Waals surface area (Å²) in [5.41, 5.74) is 3.70. The number of hydrazone groups is 1. The number of hydrazine groups is 1. The lowest BCUT2D eigenvalue weighted by atomic mass is 10.4. The molecule has 0 aliphatic carbocycles. The summed E-state index contributed by atoms with van der Waals surface area (Å²) >= 11 is 0. The van der Waals surface area contributed by atoms with Crippen molar-refractivity contribution < 1.29 is 0 Å². The maximum Gasteiger partial charge on any atom is 0.136 e. The molecule has 1 N–H and O–H groups in total. The average Bonchev–Trinajstić information content (AvgIpc) is 2.11. The van der Waals surface area contributed by atoms with Crippen molar-refractivity contribution in [1.29, 1.82) is 0 Å². The second-order valence-electron chi connectivity index (χ2n) is 2.38. The van der Waals surface area contributed by atoms with Crippen molar-refractivity contribution in [3.63, 3.8) is 0 Å². The zero-order valence-corrected chi connectivity index (χ0v) is 8.20. The molecule has 13 heavy (non-hydrogen) atoms. The summed E-state index contributed by atoms with van der Waals surface area (Å²) in [6.45, 7) is 9.11.